The van der Waals surface area contributed by atoms with Gasteiger partial charge in [0.25, 0.3) is 5.56 Å². The van der Waals surface area contributed by atoms with E-state index in [0.29, 0.717) is 17.8 Å². The van der Waals surface area contributed by atoms with Crippen LogP contribution in [0.15, 0.2) is 15.7 Å². The fourth-order valence-corrected chi connectivity index (χ4v) is 3.83. The summed E-state index contributed by atoms with van der Waals surface area (Å²) < 4.78 is 27.9. The number of benzene rings is 1. The molecule has 2 unspecified atom stereocenters. The summed E-state index contributed by atoms with van der Waals surface area (Å²) in [6, 6.07) is 0.732. The van der Waals surface area contributed by atoms with Crippen molar-refractivity contribution < 1.29 is 13.9 Å². The van der Waals surface area contributed by atoms with Gasteiger partial charge in [0.2, 0.25) is 0 Å². The van der Waals surface area contributed by atoms with Gasteiger partial charge >= 0.3 is 5.69 Å². The molecule has 1 saturated carbocycles. The third-order valence-electron chi connectivity index (χ3n) is 5.33. The molecular formula is C17H22FN5O4. The number of nitrogens with zero attached hydrogens (tertiary/aromatic N) is 3. The first-order chi connectivity index (χ1) is 12.9. The topological polar surface area (TPSA) is 118 Å². The molecule has 146 valence electrons. The van der Waals surface area contributed by atoms with Gasteiger partial charge in [0.15, 0.2) is 11.6 Å². The Morgan fingerprint density at radius 2 is 1.93 bits per heavy atom. The molecule has 9 nitrogen and oxygen atoms in total. The molecule has 2 heterocycles. The van der Waals surface area contributed by atoms with Crippen LogP contribution in [0.1, 0.15) is 18.9 Å². The number of anilines is 1. The predicted molar refractivity (Wildman–Crippen MR) is 98.4 cm³/mol. The molecule has 1 aromatic carbocycles. The minimum atomic E-state index is -0.761. The summed E-state index contributed by atoms with van der Waals surface area (Å²) >= 11 is 0. The quantitative estimate of drug-likeness (QED) is 0.689. The van der Waals surface area contributed by atoms with Crippen LogP contribution in [-0.2, 0) is 4.74 Å². The molecule has 0 amide bonds. The number of ether oxygens (including phenoxy) is 2. The fraction of sp³-hybridized carbons (Fsp3) is 0.529. The van der Waals surface area contributed by atoms with E-state index in [0.717, 1.165) is 18.9 Å². The van der Waals surface area contributed by atoms with Crippen LogP contribution in [0.4, 0.5) is 10.1 Å². The summed E-state index contributed by atoms with van der Waals surface area (Å²) in [5.41, 5.74) is 5.11. The zero-order valence-electron chi connectivity index (χ0n) is 15.1. The Hall–Kier alpha value is -2.59. The highest BCUT2D eigenvalue weighted by Crippen LogP contribution is 2.43. The molecule has 0 bridgehead atoms. The molecule has 4 rings (SSSR count). The van der Waals surface area contributed by atoms with Gasteiger partial charge in [-0.05, 0) is 18.9 Å². The predicted octanol–water partition coefficient (Wildman–Crippen LogP) is -0.478. The number of rotatable bonds is 4. The standard InChI is InChI=1S/C17H22FN5O4/c1-26-12-7-21(6-11(12)19)14-10(18)5-9-13(15(14)27-2)22(8-3-4-8)17(25)23(20)16(9)24/h5,8,11-12H,3-4,6-7,19-20H2,1-2H3. The summed E-state index contributed by atoms with van der Waals surface area (Å²) in [5.74, 6) is 5.13. The summed E-state index contributed by atoms with van der Waals surface area (Å²) in [6.07, 6.45) is 1.31. The van der Waals surface area contributed by atoms with Gasteiger partial charge in [-0.15, -0.1) is 0 Å². The van der Waals surface area contributed by atoms with Crippen LogP contribution in [0.25, 0.3) is 10.9 Å². The zero-order valence-corrected chi connectivity index (χ0v) is 15.1. The Morgan fingerprint density at radius 1 is 1.22 bits per heavy atom. The number of hydrogen-bond donors (Lipinski definition) is 2. The normalized spacial score (nSPS) is 22.6. The summed E-state index contributed by atoms with van der Waals surface area (Å²) in [5, 5.41) is 0.00823. The average molecular weight is 379 g/mol. The van der Waals surface area contributed by atoms with Gasteiger partial charge in [0, 0.05) is 26.2 Å². The van der Waals surface area contributed by atoms with Crippen molar-refractivity contribution in [3.63, 3.8) is 0 Å². The van der Waals surface area contributed by atoms with Gasteiger partial charge in [0.05, 0.1) is 24.6 Å². The average Bonchev–Trinajstić information content (AvgIpc) is 3.41. The lowest BCUT2D eigenvalue weighted by Crippen LogP contribution is -2.44. The Balaban J connectivity index is 2.03. The highest BCUT2D eigenvalue weighted by atomic mass is 19.1. The lowest BCUT2D eigenvalue weighted by molar-refractivity contribution is 0.108. The van der Waals surface area contributed by atoms with Gasteiger partial charge in [-0.2, -0.15) is 4.68 Å². The lowest BCUT2D eigenvalue weighted by atomic mass is 10.1. The second kappa shape index (κ2) is 6.24. The SMILES string of the molecule is COc1c(N2CC(N)C(OC)C2)c(F)cc2c(=O)n(N)c(=O)n(C3CC3)c12. The van der Waals surface area contributed by atoms with E-state index in [2.05, 4.69) is 0 Å². The number of halogens is 1. The van der Waals surface area contributed by atoms with E-state index < -0.39 is 17.1 Å². The maximum atomic E-state index is 15.1. The molecule has 1 saturated heterocycles. The van der Waals surface area contributed by atoms with E-state index >= 15 is 4.39 Å². The van der Waals surface area contributed by atoms with Crippen molar-refractivity contribution in [2.24, 2.45) is 5.73 Å². The molecule has 2 fully saturated rings. The van der Waals surface area contributed by atoms with Crippen molar-refractivity contribution in [3.8, 4) is 5.75 Å². The van der Waals surface area contributed by atoms with Crippen molar-refractivity contribution in [1.82, 2.24) is 9.24 Å². The highest BCUT2D eigenvalue weighted by Gasteiger charge is 2.36. The van der Waals surface area contributed by atoms with Crippen molar-refractivity contribution in [1.29, 1.82) is 0 Å². The summed E-state index contributed by atoms with van der Waals surface area (Å²) in [7, 11) is 2.94. The molecule has 10 heteroatoms. The Morgan fingerprint density at radius 3 is 2.48 bits per heavy atom. The van der Waals surface area contributed by atoms with E-state index in [9.17, 15) is 9.59 Å². The highest BCUT2D eigenvalue weighted by molar-refractivity contribution is 5.91. The van der Waals surface area contributed by atoms with E-state index in [1.165, 1.54) is 11.7 Å². The number of fused-ring (bicyclic) bond motifs is 1. The Bertz CT molecular complexity index is 1030. The van der Waals surface area contributed by atoms with Crippen LogP contribution in [-0.4, -0.2) is 48.7 Å². The van der Waals surface area contributed by atoms with Gasteiger partial charge in [-0.1, -0.05) is 0 Å². The largest absolute Gasteiger partial charge is 0.492 e. The van der Waals surface area contributed by atoms with Gasteiger partial charge < -0.3 is 25.9 Å². The van der Waals surface area contributed by atoms with E-state index in [1.54, 1.807) is 12.0 Å². The van der Waals surface area contributed by atoms with Crippen molar-refractivity contribution in [2.75, 3.05) is 38.1 Å². The molecule has 27 heavy (non-hydrogen) atoms. The molecule has 1 aromatic heterocycles. The monoisotopic (exact) mass is 379 g/mol. The van der Waals surface area contributed by atoms with Crippen molar-refractivity contribution >= 4 is 16.6 Å². The first-order valence-corrected chi connectivity index (χ1v) is 8.75. The fourth-order valence-electron chi connectivity index (χ4n) is 3.83. The molecule has 4 N–H and O–H groups in total. The van der Waals surface area contributed by atoms with Gasteiger partial charge in [0.1, 0.15) is 11.2 Å². The van der Waals surface area contributed by atoms with Crippen LogP contribution >= 0.6 is 0 Å². The lowest BCUT2D eigenvalue weighted by Gasteiger charge is -2.24. The van der Waals surface area contributed by atoms with Crippen molar-refractivity contribution in [2.45, 2.75) is 31.0 Å². The van der Waals surface area contributed by atoms with Crippen molar-refractivity contribution in [3.05, 3.63) is 32.7 Å². The molecule has 2 atom stereocenters. The maximum Gasteiger partial charge on any atom is 0.350 e. The van der Waals surface area contributed by atoms with E-state index in [4.69, 9.17) is 21.1 Å². The number of hydrogen-bond acceptors (Lipinski definition) is 7. The van der Waals surface area contributed by atoms with Gasteiger partial charge in [-0.25, -0.2) is 9.18 Å². The molecule has 0 radical (unpaired) electrons. The maximum absolute atomic E-state index is 15.1. The molecule has 0 spiro atoms. The smallest absolute Gasteiger partial charge is 0.350 e. The summed E-state index contributed by atoms with van der Waals surface area (Å²) in [4.78, 5) is 26.8. The first kappa shape index (κ1) is 17.8. The minimum Gasteiger partial charge on any atom is -0.492 e. The minimum absolute atomic E-state index is 0.00823. The molecule has 1 aliphatic carbocycles. The second-order valence-corrected chi connectivity index (χ2v) is 7.04. The van der Waals surface area contributed by atoms with Crippen LogP contribution in [0.5, 0.6) is 5.75 Å². The molecule has 1 aliphatic heterocycles. The number of nitrogens with two attached hydrogens (primary N) is 2. The molecule has 2 aliphatic rings. The number of nitrogen functional groups attached to an aromatic ring is 1. The Labute approximate surface area is 153 Å². The summed E-state index contributed by atoms with van der Waals surface area (Å²) in [6.45, 7) is 0.733. The van der Waals surface area contributed by atoms with E-state index in [1.807, 2.05) is 0 Å². The number of methoxy groups -OCH3 is 2. The molecule has 2 aromatic rings. The van der Waals surface area contributed by atoms with E-state index in [-0.39, 0.29) is 40.5 Å². The van der Waals surface area contributed by atoms with Crippen LogP contribution in [0, 0.1) is 5.82 Å². The second-order valence-electron chi connectivity index (χ2n) is 7.04. The third kappa shape index (κ3) is 2.59. The Kier molecular flexibility index (Phi) is 4.11. The van der Waals surface area contributed by atoms with Crippen LogP contribution in [0.2, 0.25) is 0 Å². The third-order valence-corrected chi connectivity index (χ3v) is 5.33. The zero-order chi connectivity index (χ0) is 19.5. The van der Waals surface area contributed by atoms with Gasteiger partial charge in [-0.3, -0.25) is 9.36 Å². The molecular weight excluding hydrogens is 357 g/mol. The number of aromatic nitrogens is 2. The van der Waals surface area contributed by atoms with Crippen LogP contribution in [0.3, 0.4) is 0 Å². The first-order valence-electron chi connectivity index (χ1n) is 8.75. The van der Waals surface area contributed by atoms with Crippen LogP contribution < -0.4 is 32.5 Å².